The van der Waals surface area contributed by atoms with Gasteiger partial charge in [-0.3, -0.25) is 0 Å². The summed E-state index contributed by atoms with van der Waals surface area (Å²) in [6, 6.07) is 0. The molecule has 0 amide bonds. The van der Waals surface area contributed by atoms with Crippen LogP contribution in [0.5, 0.6) is 0 Å². The van der Waals surface area contributed by atoms with E-state index in [2.05, 4.69) is 24.8 Å². The van der Waals surface area contributed by atoms with E-state index in [0.29, 0.717) is 0 Å². The normalized spacial score (nSPS) is 27.6. The predicted molar refractivity (Wildman–Crippen MR) is 43.7 cm³/mol. The zero-order chi connectivity index (χ0) is 6.85. The van der Waals surface area contributed by atoms with Crippen LogP contribution >= 0.6 is 11.8 Å². The highest BCUT2D eigenvalue weighted by Crippen LogP contribution is 2.25. The molecule has 52 valence electrons. The third-order valence-corrected chi connectivity index (χ3v) is 2.80. The van der Waals surface area contributed by atoms with Gasteiger partial charge in [-0.1, -0.05) is 6.58 Å². The van der Waals surface area contributed by atoms with Gasteiger partial charge in [-0.15, -0.1) is 0 Å². The Morgan fingerprint density at radius 1 is 1.78 bits per heavy atom. The molecule has 1 fully saturated rings. The Hall–Kier alpha value is -0.110. The van der Waals surface area contributed by atoms with Crippen LogP contribution in [-0.2, 0) is 0 Å². The van der Waals surface area contributed by atoms with E-state index in [1.54, 1.807) is 0 Å². The first-order valence-corrected chi connectivity index (χ1v) is 4.44. The van der Waals surface area contributed by atoms with Gasteiger partial charge in [0.1, 0.15) is 0 Å². The minimum absolute atomic E-state index is 0.794. The first-order valence-electron chi connectivity index (χ1n) is 3.15. The van der Waals surface area contributed by atoms with Gasteiger partial charge in [0.15, 0.2) is 0 Å². The molecule has 1 nitrogen and oxygen atoms in total. The van der Waals surface area contributed by atoms with Crippen LogP contribution in [0.2, 0.25) is 0 Å². The second-order valence-electron chi connectivity index (χ2n) is 2.51. The molecule has 0 aromatic heterocycles. The van der Waals surface area contributed by atoms with E-state index in [0.717, 1.165) is 5.25 Å². The zero-order valence-electron chi connectivity index (χ0n) is 6.05. The minimum Gasteiger partial charge on any atom is -0.377 e. The lowest BCUT2D eigenvalue weighted by Gasteiger charge is -2.10. The van der Waals surface area contributed by atoms with Gasteiger partial charge in [0, 0.05) is 31.0 Å². The van der Waals surface area contributed by atoms with Crippen LogP contribution in [0.3, 0.4) is 0 Å². The van der Waals surface area contributed by atoms with Crippen LogP contribution in [-0.4, -0.2) is 30.0 Å². The maximum atomic E-state index is 3.95. The van der Waals surface area contributed by atoms with Crippen molar-refractivity contribution in [3.05, 3.63) is 12.3 Å². The molecule has 9 heavy (non-hydrogen) atoms. The molecule has 0 aromatic carbocycles. The van der Waals surface area contributed by atoms with Gasteiger partial charge < -0.3 is 4.90 Å². The van der Waals surface area contributed by atoms with Gasteiger partial charge in [0.2, 0.25) is 0 Å². The highest BCUT2D eigenvalue weighted by atomic mass is 32.2. The number of likely N-dealkylation sites (tertiary alicyclic amines) is 1. The Labute approximate surface area is 61.1 Å². The summed E-state index contributed by atoms with van der Waals surface area (Å²) in [6.45, 7) is 5.13. The Bertz CT molecular complexity index is 122. The molecule has 1 rings (SSSR count). The lowest BCUT2D eigenvalue weighted by molar-refractivity contribution is 0.485. The maximum Gasteiger partial charge on any atom is 0.0294 e. The molecule has 1 aliphatic rings. The molecule has 0 bridgehead atoms. The molecule has 2 heteroatoms. The fourth-order valence-corrected chi connectivity index (χ4v) is 1.81. The van der Waals surface area contributed by atoms with Crippen LogP contribution in [0.4, 0.5) is 0 Å². The fourth-order valence-electron chi connectivity index (χ4n) is 1.08. The predicted octanol–water partition coefficient (Wildman–Crippen LogP) is 1.57. The van der Waals surface area contributed by atoms with E-state index in [1.807, 2.05) is 11.8 Å². The van der Waals surface area contributed by atoms with Crippen molar-refractivity contribution in [2.45, 2.75) is 11.7 Å². The summed E-state index contributed by atoms with van der Waals surface area (Å²) in [6.07, 6.45) is 3.34. The lowest BCUT2D eigenvalue weighted by atomic mass is 10.3. The summed E-state index contributed by atoms with van der Waals surface area (Å²) in [4.78, 5) is 2.24. The van der Waals surface area contributed by atoms with Crippen molar-refractivity contribution in [1.82, 2.24) is 4.90 Å². The van der Waals surface area contributed by atoms with Crippen LogP contribution in [0.15, 0.2) is 12.3 Å². The molecular formula is C7H13NS. The Kier molecular flexibility index (Phi) is 2.06. The number of hydrogen-bond acceptors (Lipinski definition) is 2. The largest absolute Gasteiger partial charge is 0.377 e. The van der Waals surface area contributed by atoms with Crippen LogP contribution in [0.25, 0.3) is 0 Å². The van der Waals surface area contributed by atoms with Gasteiger partial charge >= 0.3 is 0 Å². The Morgan fingerprint density at radius 3 is 2.67 bits per heavy atom. The smallest absolute Gasteiger partial charge is 0.0294 e. The first kappa shape index (κ1) is 7.00. The van der Waals surface area contributed by atoms with Crippen molar-refractivity contribution < 1.29 is 0 Å². The molecule has 1 unspecified atom stereocenters. The summed E-state index contributed by atoms with van der Waals surface area (Å²) < 4.78 is 0. The van der Waals surface area contributed by atoms with Crippen molar-refractivity contribution in [3.8, 4) is 0 Å². The summed E-state index contributed by atoms with van der Waals surface area (Å²) in [7, 11) is 2.11. The van der Waals surface area contributed by atoms with Gasteiger partial charge in [-0.05, 0) is 6.26 Å². The second-order valence-corrected chi connectivity index (χ2v) is 3.65. The van der Waals surface area contributed by atoms with Crippen molar-refractivity contribution in [3.63, 3.8) is 0 Å². The molecule has 0 N–H and O–H groups in total. The van der Waals surface area contributed by atoms with E-state index in [4.69, 9.17) is 0 Å². The number of allylic oxidation sites excluding steroid dienone is 1. The third-order valence-electron chi connectivity index (χ3n) is 1.81. The summed E-state index contributed by atoms with van der Waals surface area (Å²) in [5, 5.41) is 0.794. The summed E-state index contributed by atoms with van der Waals surface area (Å²) in [5.41, 5.74) is 1.29. The Morgan fingerprint density at radius 2 is 2.44 bits per heavy atom. The Balaban J connectivity index is 2.44. The standard InChI is InChI=1S/C7H13NS/c1-6-4-7(9-3)5-8(6)2/h7H,1,4-5H2,2-3H3. The van der Waals surface area contributed by atoms with E-state index >= 15 is 0 Å². The number of nitrogens with zero attached hydrogens (tertiary/aromatic N) is 1. The molecule has 0 saturated carbocycles. The van der Waals surface area contributed by atoms with E-state index in [9.17, 15) is 0 Å². The van der Waals surface area contributed by atoms with E-state index in [-0.39, 0.29) is 0 Å². The molecule has 0 aromatic rings. The van der Waals surface area contributed by atoms with Crippen molar-refractivity contribution in [2.75, 3.05) is 19.8 Å². The topological polar surface area (TPSA) is 3.24 Å². The number of thioether (sulfide) groups is 1. The second kappa shape index (κ2) is 2.65. The van der Waals surface area contributed by atoms with Crippen LogP contribution < -0.4 is 0 Å². The molecule has 1 heterocycles. The van der Waals surface area contributed by atoms with Gasteiger partial charge in [0.25, 0.3) is 0 Å². The maximum absolute atomic E-state index is 3.95. The number of hydrogen-bond donors (Lipinski definition) is 0. The van der Waals surface area contributed by atoms with Gasteiger partial charge in [-0.2, -0.15) is 11.8 Å². The van der Waals surface area contributed by atoms with Gasteiger partial charge in [-0.25, -0.2) is 0 Å². The molecule has 1 saturated heterocycles. The lowest BCUT2D eigenvalue weighted by Crippen LogP contribution is -2.13. The van der Waals surface area contributed by atoms with Crippen molar-refractivity contribution in [2.24, 2.45) is 0 Å². The average Bonchev–Trinajstić information content (AvgIpc) is 2.13. The molecule has 0 spiro atoms. The SMILES string of the molecule is C=C1CC(SC)CN1C. The summed E-state index contributed by atoms with van der Waals surface area (Å²) >= 11 is 1.94. The minimum atomic E-state index is 0.794. The van der Waals surface area contributed by atoms with E-state index in [1.165, 1.54) is 18.7 Å². The van der Waals surface area contributed by atoms with Crippen molar-refractivity contribution in [1.29, 1.82) is 0 Å². The van der Waals surface area contributed by atoms with Crippen LogP contribution in [0.1, 0.15) is 6.42 Å². The quantitative estimate of drug-likeness (QED) is 0.548. The molecule has 1 aliphatic heterocycles. The highest BCUT2D eigenvalue weighted by Gasteiger charge is 2.20. The van der Waals surface area contributed by atoms with Gasteiger partial charge in [0.05, 0.1) is 0 Å². The number of rotatable bonds is 1. The molecule has 0 radical (unpaired) electrons. The van der Waals surface area contributed by atoms with Crippen LogP contribution in [0, 0.1) is 0 Å². The first-order chi connectivity index (χ1) is 4.24. The zero-order valence-corrected chi connectivity index (χ0v) is 6.87. The molecule has 1 atom stereocenters. The fraction of sp³-hybridized carbons (Fsp3) is 0.714. The average molecular weight is 143 g/mol. The molecule has 0 aliphatic carbocycles. The molecular weight excluding hydrogens is 130 g/mol. The summed E-state index contributed by atoms with van der Waals surface area (Å²) in [5.74, 6) is 0. The van der Waals surface area contributed by atoms with Crippen molar-refractivity contribution >= 4 is 11.8 Å². The third kappa shape index (κ3) is 1.42. The highest BCUT2D eigenvalue weighted by molar-refractivity contribution is 7.99. The van der Waals surface area contributed by atoms with E-state index < -0.39 is 0 Å². The monoisotopic (exact) mass is 143 g/mol.